The van der Waals surface area contributed by atoms with Crippen molar-refractivity contribution >= 4 is 12.6 Å². The highest BCUT2D eigenvalue weighted by atomic mass is 32.1. The van der Waals surface area contributed by atoms with E-state index in [0.717, 1.165) is 0 Å². The molecule has 37 valence electrons. The van der Waals surface area contributed by atoms with Crippen molar-refractivity contribution in [2.45, 2.75) is 5.16 Å². The van der Waals surface area contributed by atoms with Crippen LogP contribution in [0.1, 0.15) is 0 Å². The highest BCUT2D eigenvalue weighted by Gasteiger charge is 1.91. The van der Waals surface area contributed by atoms with Crippen molar-refractivity contribution in [3.63, 3.8) is 0 Å². The van der Waals surface area contributed by atoms with E-state index in [0.29, 0.717) is 0 Å². The topological polar surface area (TPSA) is 61.8 Å². The highest BCUT2D eigenvalue weighted by Crippen LogP contribution is 1.99. The lowest BCUT2D eigenvalue weighted by Crippen LogP contribution is -1.62. The SMILES string of the molecule is Oc1nnc([S])[nH]1. The van der Waals surface area contributed by atoms with Gasteiger partial charge in [-0.3, -0.25) is 4.98 Å². The Balaban J connectivity index is 3.04. The monoisotopic (exact) mass is 116 g/mol. The molecule has 2 N–H and O–H groups in total. The van der Waals surface area contributed by atoms with Gasteiger partial charge in [0.1, 0.15) is 0 Å². The second-order valence-electron chi connectivity index (χ2n) is 0.954. The molecule has 1 heterocycles. The Morgan fingerprint density at radius 2 is 2.29 bits per heavy atom. The van der Waals surface area contributed by atoms with Gasteiger partial charge in [-0.25, -0.2) is 0 Å². The number of aromatic amines is 1. The molecule has 0 aromatic carbocycles. The fourth-order valence-corrected chi connectivity index (χ4v) is 0.371. The molecule has 0 amide bonds. The van der Waals surface area contributed by atoms with Crippen molar-refractivity contribution < 1.29 is 5.11 Å². The molecule has 0 spiro atoms. The zero-order valence-corrected chi connectivity index (χ0v) is 4.07. The summed E-state index contributed by atoms with van der Waals surface area (Å²) < 4.78 is 0. The molecule has 5 heteroatoms. The maximum absolute atomic E-state index is 8.36. The standard InChI is InChI=1S/C2H2N3OS/c6-1-3-2(7)5-4-1/h(H2,3,4,5,6). The van der Waals surface area contributed by atoms with Gasteiger partial charge in [0.2, 0.25) is 5.16 Å². The average Bonchev–Trinajstić information content (AvgIpc) is 1.87. The summed E-state index contributed by atoms with van der Waals surface area (Å²) >= 11 is 4.44. The van der Waals surface area contributed by atoms with Gasteiger partial charge in [0.05, 0.1) is 0 Å². The molecule has 0 fully saturated rings. The Morgan fingerprint density at radius 3 is 2.43 bits per heavy atom. The first kappa shape index (κ1) is 4.32. The predicted octanol–water partition coefficient (Wildman–Crippen LogP) is 0.0667. The van der Waals surface area contributed by atoms with Crippen LogP contribution in [0, 0.1) is 0 Å². The van der Waals surface area contributed by atoms with E-state index in [1.807, 2.05) is 0 Å². The van der Waals surface area contributed by atoms with Gasteiger partial charge in [0.15, 0.2) is 0 Å². The fourth-order valence-electron chi connectivity index (χ4n) is 0.238. The van der Waals surface area contributed by atoms with Gasteiger partial charge in [-0.15, -0.1) is 5.10 Å². The smallest absolute Gasteiger partial charge is 0.312 e. The van der Waals surface area contributed by atoms with Crippen molar-refractivity contribution in [3.8, 4) is 6.01 Å². The Morgan fingerprint density at radius 1 is 1.57 bits per heavy atom. The summed E-state index contributed by atoms with van der Waals surface area (Å²) in [6.45, 7) is 0. The van der Waals surface area contributed by atoms with E-state index in [1.165, 1.54) is 0 Å². The molecule has 0 unspecified atom stereocenters. The molecule has 4 nitrogen and oxygen atoms in total. The van der Waals surface area contributed by atoms with Gasteiger partial charge in [-0.2, -0.15) is 0 Å². The molecule has 1 aromatic heterocycles. The number of H-pyrrole nitrogens is 1. The van der Waals surface area contributed by atoms with Crippen molar-refractivity contribution in [1.82, 2.24) is 15.2 Å². The van der Waals surface area contributed by atoms with Crippen molar-refractivity contribution in [3.05, 3.63) is 0 Å². The highest BCUT2D eigenvalue weighted by molar-refractivity contribution is 7.80. The second kappa shape index (κ2) is 1.34. The summed E-state index contributed by atoms with van der Waals surface area (Å²) in [6.07, 6.45) is 0. The third-order valence-electron chi connectivity index (χ3n) is 0.454. The van der Waals surface area contributed by atoms with Crippen LogP contribution in [0.25, 0.3) is 0 Å². The van der Waals surface area contributed by atoms with Gasteiger partial charge in [-0.1, -0.05) is 5.10 Å². The number of hydrogen-bond donors (Lipinski definition) is 2. The van der Waals surface area contributed by atoms with Crippen molar-refractivity contribution in [1.29, 1.82) is 0 Å². The molecule has 7 heavy (non-hydrogen) atoms. The minimum Gasteiger partial charge on any atom is -0.479 e. The summed E-state index contributed by atoms with van der Waals surface area (Å²) in [6, 6.07) is -0.231. The number of nitrogens with one attached hydrogen (secondary N) is 1. The molecular weight excluding hydrogens is 114 g/mol. The van der Waals surface area contributed by atoms with E-state index >= 15 is 0 Å². The number of rotatable bonds is 0. The van der Waals surface area contributed by atoms with Gasteiger partial charge in [0, 0.05) is 0 Å². The zero-order valence-electron chi connectivity index (χ0n) is 3.25. The Bertz CT molecular complexity index is 145. The minimum absolute atomic E-state index is 0.206. The van der Waals surface area contributed by atoms with Crippen LogP contribution in [0.3, 0.4) is 0 Å². The largest absolute Gasteiger partial charge is 0.479 e. The summed E-state index contributed by atoms with van der Waals surface area (Å²) in [4.78, 5) is 2.29. The van der Waals surface area contributed by atoms with E-state index in [1.54, 1.807) is 0 Å². The molecule has 0 atom stereocenters. The van der Waals surface area contributed by atoms with E-state index in [4.69, 9.17) is 5.11 Å². The third kappa shape index (κ3) is 0.774. The molecule has 0 aliphatic heterocycles. The fraction of sp³-hybridized carbons (Fsp3) is 0. The minimum atomic E-state index is -0.231. The predicted molar refractivity (Wildman–Crippen MR) is 23.9 cm³/mol. The van der Waals surface area contributed by atoms with Crippen molar-refractivity contribution in [2.24, 2.45) is 0 Å². The first-order chi connectivity index (χ1) is 3.29. The lowest BCUT2D eigenvalue weighted by atomic mass is 11.2. The normalized spacial score (nSPS) is 9.14. The van der Waals surface area contributed by atoms with Gasteiger partial charge < -0.3 is 5.11 Å². The maximum Gasteiger partial charge on any atom is 0.312 e. The van der Waals surface area contributed by atoms with Crippen LogP contribution in [0.2, 0.25) is 0 Å². The van der Waals surface area contributed by atoms with E-state index < -0.39 is 0 Å². The van der Waals surface area contributed by atoms with Crippen LogP contribution in [-0.2, 0) is 0 Å². The quantitative estimate of drug-likeness (QED) is 0.504. The molecule has 1 aromatic rings. The molecule has 1 radical (unpaired) electrons. The van der Waals surface area contributed by atoms with E-state index in [-0.39, 0.29) is 11.2 Å². The van der Waals surface area contributed by atoms with Crippen LogP contribution in [0.5, 0.6) is 6.01 Å². The van der Waals surface area contributed by atoms with Crippen LogP contribution < -0.4 is 0 Å². The average molecular weight is 116 g/mol. The number of aromatic hydroxyl groups is 1. The number of aromatic nitrogens is 3. The van der Waals surface area contributed by atoms with Gasteiger partial charge >= 0.3 is 6.01 Å². The first-order valence-electron chi connectivity index (χ1n) is 1.57. The Labute approximate surface area is 45.0 Å². The van der Waals surface area contributed by atoms with Crippen LogP contribution in [0.4, 0.5) is 0 Å². The molecule has 0 saturated carbocycles. The van der Waals surface area contributed by atoms with Gasteiger partial charge in [0.25, 0.3) is 0 Å². The van der Waals surface area contributed by atoms with E-state index in [9.17, 15) is 0 Å². The number of nitrogens with zero attached hydrogens (tertiary/aromatic N) is 2. The Kier molecular flexibility index (Phi) is 0.828. The van der Waals surface area contributed by atoms with Crippen LogP contribution >= 0.6 is 12.6 Å². The molecular formula is C2H2N3OS. The van der Waals surface area contributed by atoms with Gasteiger partial charge in [-0.05, 0) is 12.6 Å². The zero-order chi connectivity index (χ0) is 5.28. The molecule has 0 bridgehead atoms. The number of hydrogen-bond acceptors (Lipinski definition) is 3. The molecule has 1 rings (SSSR count). The first-order valence-corrected chi connectivity index (χ1v) is 1.98. The van der Waals surface area contributed by atoms with Crippen LogP contribution in [-0.4, -0.2) is 20.3 Å². The summed E-state index contributed by atoms with van der Waals surface area (Å²) in [7, 11) is 0. The second-order valence-corrected chi connectivity index (χ2v) is 1.34. The van der Waals surface area contributed by atoms with Crippen LogP contribution in [0.15, 0.2) is 5.16 Å². The molecule has 0 aliphatic rings. The lowest BCUT2D eigenvalue weighted by molar-refractivity contribution is 0.432. The van der Waals surface area contributed by atoms with E-state index in [2.05, 4.69) is 27.8 Å². The summed E-state index contributed by atoms with van der Waals surface area (Å²) in [5.74, 6) is 0. The van der Waals surface area contributed by atoms with Crippen molar-refractivity contribution in [2.75, 3.05) is 0 Å². The summed E-state index contributed by atoms with van der Waals surface area (Å²) in [5.41, 5.74) is 0. The summed E-state index contributed by atoms with van der Waals surface area (Å²) in [5, 5.41) is 15.0. The lowest BCUT2D eigenvalue weighted by Gasteiger charge is -1.69. The third-order valence-corrected chi connectivity index (χ3v) is 0.638. The Hall–Kier alpha value is -0.840. The molecule has 0 aliphatic carbocycles. The molecule has 0 saturated heterocycles. The maximum atomic E-state index is 8.36.